The number of amides is 4. The van der Waals surface area contributed by atoms with E-state index in [9.17, 15) is 27.6 Å². The van der Waals surface area contributed by atoms with E-state index in [1.807, 2.05) is 0 Å². The minimum absolute atomic E-state index is 0.0423. The lowest BCUT2D eigenvalue weighted by Crippen LogP contribution is -2.29. The summed E-state index contributed by atoms with van der Waals surface area (Å²) in [6.45, 7) is 1.37. The van der Waals surface area contributed by atoms with Crippen LogP contribution in [0.15, 0.2) is 54.7 Å². The van der Waals surface area contributed by atoms with E-state index in [1.165, 1.54) is 26.2 Å². The average Bonchev–Trinajstić information content (AvgIpc) is 2.91. The molecule has 0 spiro atoms. The molecule has 0 bridgehead atoms. The highest BCUT2D eigenvalue weighted by molar-refractivity contribution is 6.31. The van der Waals surface area contributed by atoms with Gasteiger partial charge in [-0.1, -0.05) is 23.7 Å². The number of alkyl halides is 3. The third-order valence-corrected chi connectivity index (χ3v) is 5.47. The lowest BCUT2D eigenvalue weighted by Gasteiger charge is -2.17. The fourth-order valence-corrected chi connectivity index (χ4v) is 3.53. The standard InChI is InChI=1S/C26H25ClF3N5O5/c1-15(36)32-9-10-39-23-13-20(27)19(26(28,29)30)12-21(23)35-25(38)34-14-16-3-5-17(6-4-16)40-18-7-8-33-22(11-18)24(37)31-2/h3-8,11-13H,9-10,14H2,1-2H3,(H,31,37)(H,32,36)(H2,34,35,38). The van der Waals surface area contributed by atoms with Crippen molar-refractivity contribution in [2.75, 3.05) is 25.5 Å². The van der Waals surface area contributed by atoms with Crippen LogP contribution in [0.1, 0.15) is 28.5 Å². The fourth-order valence-electron chi connectivity index (χ4n) is 3.26. The number of pyridine rings is 1. The number of anilines is 1. The van der Waals surface area contributed by atoms with E-state index in [1.54, 1.807) is 30.3 Å². The number of carbonyl (C=O) groups is 3. The molecule has 1 heterocycles. The minimum Gasteiger partial charge on any atom is -0.490 e. The molecule has 0 fully saturated rings. The number of carbonyl (C=O) groups excluding carboxylic acids is 3. The highest BCUT2D eigenvalue weighted by Crippen LogP contribution is 2.40. The molecule has 0 unspecified atom stereocenters. The van der Waals surface area contributed by atoms with Crippen LogP contribution in [0, 0.1) is 0 Å². The molecule has 2 aromatic carbocycles. The van der Waals surface area contributed by atoms with Crippen LogP contribution in [0.4, 0.5) is 23.7 Å². The zero-order chi connectivity index (χ0) is 29.3. The molecule has 4 amide bonds. The summed E-state index contributed by atoms with van der Waals surface area (Å²) in [5.41, 5.74) is -0.543. The van der Waals surface area contributed by atoms with E-state index in [-0.39, 0.29) is 48.6 Å². The second-order valence-corrected chi connectivity index (χ2v) is 8.57. The van der Waals surface area contributed by atoms with Crippen molar-refractivity contribution in [2.45, 2.75) is 19.6 Å². The van der Waals surface area contributed by atoms with Crippen molar-refractivity contribution >= 4 is 35.1 Å². The average molecular weight is 580 g/mol. The third-order valence-electron chi connectivity index (χ3n) is 5.16. The molecule has 14 heteroatoms. The molecule has 0 atom stereocenters. The SMILES string of the molecule is CNC(=O)c1cc(Oc2ccc(CNC(=O)Nc3cc(C(F)(F)F)c(Cl)cc3OCCNC(C)=O)cc2)ccn1. The third kappa shape index (κ3) is 8.76. The Bertz CT molecular complexity index is 1370. The highest BCUT2D eigenvalue weighted by Gasteiger charge is 2.34. The molecule has 3 aromatic rings. The van der Waals surface area contributed by atoms with Gasteiger partial charge in [0.15, 0.2) is 0 Å². The van der Waals surface area contributed by atoms with Crippen molar-refractivity contribution < 1.29 is 37.0 Å². The summed E-state index contributed by atoms with van der Waals surface area (Å²) in [4.78, 5) is 39.2. The lowest BCUT2D eigenvalue weighted by molar-refractivity contribution is -0.137. The van der Waals surface area contributed by atoms with Crippen LogP contribution in [0.5, 0.6) is 17.2 Å². The van der Waals surface area contributed by atoms with Crippen LogP contribution in [-0.4, -0.2) is 43.0 Å². The van der Waals surface area contributed by atoms with E-state index in [2.05, 4.69) is 26.3 Å². The number of nitrogens with one attached hydrogen (secondary N) is 4. The Morgan fingerprint density at radius 1 is 1.00 bits per heavy atom. The first kappa shape index (κ1) is 30.0. The Labute approximate surface area is 232 Å². The van der Waals surface area contributed by atoms with Crippen LogP contribution in [0.2, 0.25) is 5.02 Å². The van der Waals surface area contributed by atoms with E-state index < -0.39 is 22.8 Å². The quantitative estimate of drug-likeness (QED) is 0.257. The largest absolute Gasteiger partial charge is 0.490 e. The topological polar surface area (TPSA) is 131 Å². The minimum atomic E-state index is -4.76. The maximum absolute atomic E-state index is 13.4. The molecule has 0 aliphatic rings. The molecular formula is C26H25ClF3N5O5. The predicted octanol–water partition coefficient (Wildman–Crippen LogP) is 4.74. The first-order valence-electron chi connectivity index (χ1n) is 11.7. The van der Waals surface area contributed by atoms with Gasteiger partial charge in [0.2, 0.25) is 5.91 Å². The molecule has 4 N–H and O–H groups in total. The Kier molecular flexibility index (Phi) is 10.1. The first-order valence-corrected chi connectivity index (χ1v) is 12.1. The molecule has 0 aliphatic heterocycles. The molecule has 1 aromatic heterocycles. The van der Waals surface area contributed by atoms with Crippen molar-refractivity contribution in [2.24, 2.45) is 0 Å². The highest BCUT2D eigenvalue weighted by atomic mass is 35.5. The summed E-state index contributed by atoms with van der Waals surface area (Å²) < 4.78 is 51.3. The summed E-state index contributed by atoms with van der Waals surface area (Å²) in [7, 11) is 1.49. The molecule has 0 aliphatic carbocycles. The molecule has 212 valence electrons. The fraction of sp³-hybridized carbons (Fsp3) is 0.231. The lowest BCUT2D eigenvalue weighted by atomic mass is 10.1. The number of nitrogens with zero attached hydrogens (tertiary/aromatic N) is 1. The smallest absolute Gasteiger partial charge is 0.417 e. The predicted molar refractivity (Wildman–Crippen MR) is 141 cm³/mol. The van der Waals surface area contributed by atoms with Crippen molar-refractivity contribution in [1.29, 1.82) is 0 Å². The Morgan fingerprint density at radius 3 is 2.38 bits per heavy atom. The number of aromatic nitrogens is 1. The van der Waals surface area contributed by atoms with Gasteiger partial charge in [0.05, 0.1) is 22.8 Å². The van der Waals surface area contributed by atoms with Gasteiger partial charge in [0.25, 0.3) is 5.91 Å². The number of rotatable bonds is 10. The molecule has 0 saturated heterocycles. The van der Waals surface area contributed by atoms with Gasteiger partial charge in [0, 0.05) is 38.8 Å². The van der Waals surface area contributed by atoms with E-state index in [4.69, 9.17) is 21.1 Å². The number of benzene rings is 2. The summed E-state index contributed by atoms with van der Waals surface area (Å²) in [6.07, 6.45) is -3.32. The van der Waals surface area contributed by atoms with Gasteiger partial charge >= 0.3 is 12.2 Å². The van der Waals surface area contributed by atoms with E-state index >= 15 is 0 Å². The zero-order valence-corrected chi connectivity index (χ0v) is 22.1. The monoisotopic (exact) mass is 579 g/mol. The summed E-state index contributed by atoms with van der Waals surface area (Å²) in [6, 6.07) is 10.6. The van der Waals surface area contributed by atoms with Gasteiger partial charge in [-0.2, -0.15) is 13.2 Å². The Balaban J connectivity index is 1.63. The zero-order valence-electron chi connectivity index (χ0n) is 21.3. The van der Waals surface area contributed by atoms with Crippen molar-refractivity contribution in [3.8, 4) is 17.2 Å². The number of halogens is 4. The van der Waals surface area contributed by atoms with Gasteiger partial charge in [-0.05, 0) is 29.8 Å². The van der Waals surface area contributed by atoms with E-state index in [0.717, 1.165) is 6.07 Å². The van der Waals surface area contributed by atoms with Gasteiger partial charge in [-0.25, -0.2) is 4.79 Å². The first-order chi connectivity index (χ1) is 19.0. The number of hydrogen-bond donors (Lipinski definition) is 4. The maximum Gasteiger partial charge on any atom is 0.417 e. The van der Waals surface area contributed by atoms with Crippen LogP contribution in [0.25, 0.3) is 0 Å². The van der Waals surface area contributed by atoms with Gasteiger partial charge in [-0.3, -0.25) is 14.6 Å². The normalized spacial score (nSPS) is 10.8. The molecular weight excluding hydrogens is 555 g/mol. The molecule has 0 radical (unpaired) electrons. The van der Waals surface area contributed by atoms with Crippen LogP contribution in [0.3, 0.4) is 0 Å². The second-order valence-electron chi connectivity index (χ2n) is 8.17. The molecule has 10 nitrogen and oxygen atoms in total. The number of urea groups is 1. The maximum atomic E-state index is 13.4. The molecule has 3 rings (SSSR count). The van der Waals surface area contributed by atoms with E-state index in [0.29, 0.717) is 23.1 Å². The van der Waals surface area contributed by atoms with Crippen LogP contribution < -0.4 is 30.7 Å². The summed E-state index contributed by atoms with van der Waals surface area (Å²) in [5.74, 6) is 0.0935. The van der Waals surface area contributed by atoms with Crippen LogP contribution >= 0.6 is 11.6 Å². The molecule has 0 saturated carbocycles. The number of hydrogen-bond acceptors (Lipinski definition) is 6. The van der Waals surface area contributed by atoms with Crippen molar-refractivity contribution in [3.63, 3.8) is 0 Å². The van der Waals surface area contributed by atoms with Gasteiger partial charge in [0.1, 0.15) is 29.5 Å². The Morgan fingerprint density at radius 2 is 1.73 bits per heavy atom. The second kappa shape index (κ2) is 13.5. The summed E-state index contributed by atoms with van der Waals surface area (Å²) in [5, 5.41) is 9.26. The summed E-state index contributed by atoms with van der Waals surface area (Å²) >= 11 is 5.79. The van der Waals surface area contributed by atoms with Crippen molar-refractivity contribution in [3.05, 3.63) is 76.6 Å². The van der Waals surface area contributed by atoms with Gasteiger partial charge in [-0.15, -0.1) is 0 Å². The molecule has 40 heavy (non-hydrogen) atoms. The van der Waals surface area contributed by atoms with Crippen molar-refractivity contribution in [1.82, 2.24) is 20.9 Å². The number of ether oxygens (including phenoxy) is 2. The van der Waals surface area contributed by atoms with Crippen LogP contribution in [-0.2, 0) is 17.5 Å². The Hall–Kier alpha value is -4.52. The van der Waals surface area contributed by atoms with Gasteiger partial charge < -0.3 is 30.7 Å².